The van der Waals surface area contributed by atoms with E-state index in [4.69, 9.17) is 0 Å². The average Bonchev–Trinajstić information content (AvgIpc) is 2.54. The maximum Gasteiger partial charge on any atom is 0.321 e. The van der Waals surface area contributed by atoms with Crippen molar-refractivity contribution in [3.8, 4) is 0 Å². The Kier molecular flexibility index (Phi) is 6.68. The van der Waals surface area contributed by atoms with Crippen molar-refractivity contribution in [2.45, 2.75) is 24.8 Å². The van der Waals surface area contributed by atoms with Crippen molar-refractivity contribution in [1.29, 1.82) is 0 Å². The van der Waals surface area contributed by atoms with Gasteiger partial charge < -0.3 is 5.32 Å². The minimum atomic E-state index is -3.69. The molecule has 3 amide bonds. The summed E-state index contributed by atoms with van der Waals surface area (Å²) >= 11 is 0. The van der Waals surface area contributed by atoms with Crippen LogP contribution in [-0.2, 0) is 14.8 Å². The van der Waals surface area contributed by atoms with Crippen molar-refractivity contribution in [3.63, 3.8) is 0 Å². The molecule has 1 saturated heterocycles. The number of benzene rings is 1. The molecule has 2 rings (SSSR count). The lowest BCUT2D eigenvalue weighted by Crippen LogP contribution is -2.52. The highest BCUT2D eigenvalue weighted by molar-refractivity contribution is 7.89. The maximum absolute atomic E-state index is 13.0. The minimum Gasteiger partial charge on any atom is -0.336 e. The maximum atomic E-state index is 13.0. The average molecular weight is 386 g/mol. The van der Waals surface area contributed by atoms with Gasteiger partial charge in [-0.3, -0.25) is 15.0 Å². The number of nitrogens with one attached hydrogen (secondary N) is 2. The number of imide groups is 1. The summed E-state index contributed by atoms with van der Waals surface area (Å²) in [4.78, 5) is 25.2. The summed E-state index contributed by atoms with van der Waals surface area (Å²) in [6.07, 6.45) is 0. The Labute approximate surface area is 152 Å². The van der Waals surface area contributed by atoms with E-state index >= 15 is 0 Å². The number of hydrogen-bond donors (Lipinski definition) is 2. The van der Waals surface area contributed by atoms with E-state index < -0.39 is 27.8 Å². The van der Waals surface area contributed by atoms with Gasteiger partial charge in [0.1, 0.15) is 5.82 Å². The molecule has 26 heavy (non-hydrogen) atoms. The van der Waals surface area contributed by atoms with E-state index in [-0.39, 0.29) is 30.6 Å². The van der Waals surface area contributed by atoms with Crippen LogP contribution >= 0.6 is 0 Å². The molecule has 0 bridgehead atoms. The Morgan fingerprint density at radius 3 is 2.23 bits per heavy atom. The summed E-state index contributed by atoms with van der Waals surface area (Å²) in [5, 5.41) is 4.79. The molecule has 0 spiro atoms. The Morgan fingerprint density at radius 2 is 1.69 bits per heavy atom. The fraction of sp³-hybridized carbons (Fsp3) is 0.500. The number of halogens is 1. The van der Waals surface area contributed by atoms with E-state index in [0.717, 1.165) is 12.1 Å². The van der Waals surface area contributed by atoms with E-state index in [9.17, 15) is 22.4 Å². The lowest BCUT2D eigenvalue weighted by Gasteiger charge is -2.33. The molecule has 1 aliphatic rings. The molecule has 10 heteroatoms. The van der Waals surface area contributed by atoms with Gasteiger partial charge in [-0.25, -0.2) is 17.6 Å². The van der Waals surface area contributed by atoms with Gasteiger partial charge in [0.15, 0.2) is 0 Å². The molecule has 2 N–H and O–H groups in total. The summed E-state index contributed by atoms with van der Waals surface area (Å²) in [5.41, 5.74) is 0. The first-order valence-corrected chi connectivity index (χ1v) is 9.71. The molecular formula is C16H23FN4O4S. The smallest absolute Gasteiger partial charge is 0.321 e. The van der Waals surface area contributed by atoms with Gasteiger partial charge >= 0.3 is 6.03 Å². The van der Waals surface area contributed by atoms with E-state index in [2.05, 4.69) is 10.6 Å². The van der Waals surface area contributed by atoms with Crippen LogP contribution in [0.3, 0.4) is 0 Å². The number of carbonyl (C=O) groups is 2. The summed E-state index contributed by atoms with van der Waals surface area (Å²) in [6.45, 7) is 4.72. The summed E-state index contributed by atoms with van der Waals surface area (Å²) in [5.74, 6) is -0.945. The second kappa shape index (κ2) is 8.56. The zero-order valence-electron chi connectivity index (χ0n) is 14.7. The molecule has 0 radical (unpaired) electrons. The number of urea groups is 1. The van der Waals surface area contributed by atoms with E-state index in [1.54, 1.807) is 18.7 Å². The predicted molar refractivity (Wildman–Crippen MR) is 93.4 cm³/mol. The van der Waals surface area contributed by atoms with Gasteiger partial charge in [-0.1, -0.05) is 0 Å². The van der Waals surface area contributed by atoms with Crippen molar-refractivity contribution in [1.82, 2.24) is 19.8 Å². The van der Waals surface area contributed by atoms with Crippen LogP contribution in [0.1, 0.15) is 13.8 Å². The van der Waals surface area contributed by atoms with Gasteiger partial charge in [0.05, 0.1) is 11.4 Å². The van der Waals surface area contributed by atoms with Gasteiger partial charge in [0, 0.05) is 32.2 Å². The van der Waals surface area contributed by atoms with Crippen LogP contribution in [0.25, 0.3) is 0 Å². The largest absolute Gasteiger partial charge is 0.336 e. The number of carbonyl (C=O) groups excluding carboxylic acids is 2. The second-order valence-electron chi connectivity index (χ2n) is 6.31. The molecular weight excluding hydrogens is 363 g/mol. The van der Waals surface area contributed by atoms with Crippen molar-refractivity contribution >= 4 is 22.0 Å². The zero-order valence-corrected chi connectivity index (χ0v) is 15.6. The Hall–Kier alpha value is -2.04. The lowest BCUT2D eigenvalue weighted by molar-refractivity contribution is -0.121. The lowest BCUT2D eigenvalue weighted by atomic mass is 10.3. The molecule has 1 aliphatic heterocycles. The highest BCUT2D eigenvalue weighted by Crippen LogP contribution is 2.17. The third kappa shape index (κ3) is 5.48. The topological polar surface area (TPSA) is 98.8 Å². The quantitative estimate of drug-likeness (QED) is 0.762. The number of rotatable bonds is 5. The standard InChI is InChI=1S/C16H23FN4O4S/c1-12(2)18-16(23)19-15(22)11-20-7-9-21(10-8-20)26(24,25)14-5-3-13(17)4-6-14/h3-6,12H,7-11H2,1-2H3,(H2,18,19,22,23). The highest BCUT2D eigenvalue weighted by Gasteiger charge is 2.29. The van der Waals surface area contributed by atoms with Crippen LogP contribution in [0.5, 0.6) is 0 Å². The first-order valence-electron chi connectivity index (χ1n) is 8.27. The second-order valence-corrected chi connectivity index (χ2v) is 8.25. The molecule has 1 aromatic rings. The van der Waals surface area contributed by atoms with Gasteiger partial charge in [-0.15, -0.1) is 0 Å². The molecule has 1 fully saturated rings. The fourth-order valence-electron chi connectivity index (χ4n) is 2.55. The van der Waals surface area contributed by atoms with Gasteiger partial charge in [-0.2, -0.15) is 4.31 Å². The molecule has 8 nitrogen and oxygen atoms in total. The predicted octanol–water partition coefficient (Wildman–Crippen LogP) is 0.366. The number of piperazine rings is 1. The monoisotopic (exact) mass is 386 g/mol. The van der Waals surface area contributed by atoms with Crippen LogP contribution < -0.4 is 10.6 Å². The van der Waals surface area contributed by atoms with Crippen molar-refractivity contribution in [2.24, 2.45) is 0 Å². The minimum absolute atomic E-state index is 0.00987. The van der Waals surface area contributed by atoms with Crippen LogP contribution in [0.15, 0.2) is 29.2 Å². The van der Waals surface area contributed by atoms with Gasteiger partial charge in [0.25, 0.3) is 0 Å². The van der Waals surface area contributed by atoms with Crippen LogP contribution in [0.4, 0.5) is 9.18 Å². The first kappa shape index (κ1) is 20.3. The van der Waals surface area contributed by atoms with Crippen LogP contribution in [0, 0.1) is 5.82 Å². The molecule has 0 unspecified atom stereocenters. The fourth-order valence-corrected chi connectivity index (χ4v) is 3.97. The number of sulfonamides is 1. The molecule has 0 saturated carbocycles. The summed E-state index contributed by atoms with van der Waals surface area (Å²) < 4.78 is 39.3. The van der Waals surface area contributed by atoms with Gasteiger partial charge in [0.2, 0.25) is 15.9 Å². The third-order valence-electron chi connectivity index (χ3n) is 3.82. The molecule has 0 atom stereocenters. The van der Waals surface area contributed by atoms with Crippen molar-refractivity contribution < 1.29 is 22.4 Å². The van der Waals surface area contributed by atoms with E-state index in [1.165, 1.54) is 16.4 Å². The molecule has 0 aliphatic carbocycles. The molecule has 1 heterocycles. The number of nitrogens with zero attached hydrogens (tertiary/aromatic N) is 2. The Balaban J connectivity index is 1.86. The Bertz CT molecular complexity index is 744. The molecule has 1 aromatic carbocycles. The normalized spacial score (nSPS) is 16.5. The summed E-state index contributed by atoms with van der Waals surface area (Å²) in [6, 6.07) is 4.05. The van der Waals surface area contributed by atoms with E-state index in [1.807, 2.05) is 0 Å². The SMILES string of the molecule is CC(C)NC(=O)NC(=O)CN1CCN(S(=O)(=O)c2ccc(F)cc2)CC1. The van der Waals surface area contributed by atoms with Crippen LogP contribution in [-0.4, -0.2) is 68.3 Å². The first-order chi connectivity index (χ1) is 12.2. The molecule has 144 valence electrons. The number of amides is 3. The zero-order chi connectivity index (χ0) is 19.3. The van der Waals surface area contributed by atoms with E-state index in [0.29, 0.717) is 13.1 Å². The van der Waals surface area contributed by atoms with Crippen molar-refractivity contribution in [3.05, 3.63) is 30.1 Å². The van der Waals surface area contributed by atoms with Crippen molar-refractivity contribution in [2.75, 3.05) is 32.7 Å². The highest BCUT2D eigenvalue weighted by atomic mass is 32.2. The van der Waals surface area contributed by atoms with Gasteiger partial charge in [-0.05, 0) is 38.1 Å². The Morgan fingerprint density at radius 1 is 1.12 bits per heavy atom. The summed E-state index contributed by atoms with van der Waals surface area (Å²) in [7, 11) is -3.69. The number of hydrogen-bond acceptors (Lipinski definition) is 5. The third-order valence-corrected chi connectivity index (χ3v) is 5.74. The molecule has 0 aromatic heterocycles. The van der Waals surface area contributed by atoms with Crippen LogP contribution in [0.2, 0.25) is 0 Å².